The zero-order valence-electron chi connectivity index (χ0n) is 13.6. The summed E-state index contributed by atoms with van der Waals surface area (Å²) in [7, 11) is 1.28. The van der Waals surface area contributed by atoms with Gasteiger partial charge in [-0.2, -0.15) is 0 Å². The number of hydrogen-bond donors (Lipinski definition) is 2. The molecule has 0 aliphatic rings. The second-order valence-electron chi connectivity index (χ2n) is 5.26. The van der Waals surface area contributed by atoms with Crippen LogP contribution in [0.15, 0.2) is 53.7 Å². The van der Waals surface area contributed by atoms with E-state index in [2.05, 4.69) is 20.0 Å². The minimum absolute atomic E-state index is 0.152. The van der Waals surface area contributed by atoms with Crippen LogP contribution in [0.2, 0.25) is 0 Å². The van der Waals surface area contributed by atoms with Crippen LogP contribution < -0.4 is 5.32 Å². The van der Waals surface area contributed by atoms with Gasteiger partial charge in [-0.1, -0.05) is 42.1 Å². The van der Waals surface area contributed by atoms with Crippen LogP contribution in [0.4, 0.5) is 0 Å². The molecular weight excluding hydrogens is 338 g/mol. The number of H-pyrrole nitrogens is 1. The highest BCUT2D eigenvalue weighted by atomic mass is 32.2. The van der Waals surface area contributed by atoms with Crippen LogP contribution in [0, 0.1) is 0 Å². The molecule has 1 heterocycles. The van der Waals surface area contributed by atoms with E-state index in [1.807, 2.05) is 36.4 Å². The Labute approximate surface area is 149 Å². The number of amides is 1. The monoisotopic (exact) mass is 355 g/mol. The first-order chi connectivity index (χ1) is 12.2. The Hall–Kier alpha value is -2.80. The summed E-state index contributed by atoms with van der Waals surface area (Å²) in [6, 6.07) is 15.1. The average Bonchev–Trinajstić information content (AvgIpc) is 3.07. The zero-order valence-corrected chi connectivity index (χ0v) is 14.4. The van der Waals surface area contributed by atoms with Crippen molar-refractivity contribution in [2.24, 2.45) is 0 Å². The average molecular weight is 355 g/mol. The summed E-state index contributed by atoms with van der Waals surface area (Å²) in [5, 5.41) is 3.36. The maximum absolute atomic E-state index is 12.3. The van der Waals surface area contributed by atoms with Crippen LogP contribution in [0.3, 0.4) is 0 Å². The van der Waals surface area contributed by atoms with Gasteiger partial charge in [-0.25, -0.2) is 4.98 Å². The molecule has 7 heteroatoms. The molecule has 0 atom stereocenters. The van der Waals surface area contributed by atoms with E-state index in [1.54, 1.807) is 12.1 Å². The number of imidazole rings is 1. The lowest BCUT2D eigenvalue weighted by molar-refractivity contribution is -0.139. The number of hydrogen-bond acceptors (Lipinski definition) is 5. The molecule has 2 N–H and O–H groups in total. The second kappa shape index (κ2) is 7.85. The minimum Gasteiger partial charge on any atom is -0.468 e. The number of para-hydroxylation sites is 2. The van der Waals surface area contributed by atoms with Gasteiger partial charge in [-0.3, -0.25) is 9.59 Å². The van der Waals surface area contributed by atoms with Gasteiger partial charge < -0.3 is 15.0 Å². The number of nitrogens with zero attached hydrogens (tertiary/aromatic N) is 1. The predicted molar refractivity (Wildman–Crippen MR) is 96.4 cm³/mol. The van der Waals surface area contributed by atoms with Gasteiger partial charge in [-0.05, 0) is 23.8 Å². The van der Waals surface area contributed by atoms with Crippen molar-refractivity contribution in [3.63, 3.8) is 0 Å². The van der Waals surface area contributed by atoms with Crippen molar-refractivity contribution in [1.29, 1.82) is 0 Å². The lowest BCUT2D eigenvalue weighted by Crippen LogP contribution is -2.30. The molecule has 0 radical (unpaired) electrons. The number of methoxy groups -OCH3 is 1. The molecule has 1 amide bonds. The fourth-order valence-corrected chi connectivity index (χ4v) is 3.22. The highest BCUT2D eigenvalue weighted by Gasteiger charge is 2.13. The van der Waals surface area contributed by atoms with Crippen molar-refractivity contribution in [3.05, 3.63) is 59.7 Å². The van der Waals surface area contributed by atoms with Gasteiger partial charge >= 0.3 is 5.97 Å². The number of esters is 1. The first kappa shape index (κ1) is 17.0. The smallest absolute Gasteiger partial charge is 0.325 e. The third-order valence-electron chi connectivity index (χ3n) is 3.61. The molecule has 25 heavy (non-hydrogen) atoms. The molecule has 0 bridgehead atoms. The number of rotatable bonds is 6. The number of nitrogens with one attached hydrogen (secondary N) is 2. The molecule has 0 fully saturated rings. The Kier molecular flexibility index (Phi) is 5.35. The molecular formula is C18H17N3O3S. The predicted octanol–water partition coefficient (Wildman–Crippen LogP) is 2.76. The quantitative estimate of drug-likeness (QED) is 0.525. The number of aromatic amines is 1. The number of ether oxygens (including phenoxy) is 1. The van der Waals surface area contributed by atoms with Gasteiger partial charge in [0.2, 0.25) is 0 Å². The van der Waals surface area contributed by atoms with E-state index in [4.69, 9.17) is 0 Å². The summed E-state index contributed by atoms with van der Waals surface area (Å²) in [6.07, 6.45) is 0. The number of carbonyl (C=O) groups is 2. The van der Waals surface area contributed by atoms with Crippen molar-refractivity contribution < 1.29 is 14.3 Å². The Morgan fingerprint density at radius 2 is 1.92 bits per heavy atom. The summed E-state index contributed by atoms with van der Waals surface area (Å²) >= 11 is 1.52. The van der Waals surface area contributed by atoms with Crippen LogP contribution in [0.1, 0.15) is 15.9 Å². The lowest BCUT2D eigenvalue weighted by Gasteiger charge is -2.09. The van der Waals surface area contributed by atoms with Crippen LogP contribution in [0.25, 0.3) is 11.0 Å². The topological polar surface area (TPSA) is 84.1 Å². The van der Waals surface area contributed by atoms with Crippen LogP contribution in [-0.2, 0) is 15.3 Å². The molecule has 3 aromatic rings. The third-order valence-corrected chi connectivity index (χ3v) is 4.54. The fraction of sp³-hybridized carbons (Fsp3) is 0.167. The van der Waals surface area contributed by atoms with Gasteiger partial charge in [0.15, 0.2) is 5.16 Å². The largest absolute Gasteiger partial charge is 0.468 e. The minimum atomic E-state index is -0.484. The molecule has 0 spiro atoms. The highest BCUT2D eigenvalue weighted by Crippen LogP contribution is 2.24. The number of benzene rings is 2. The molecule has 128 valence electrons. The maximum Gasteiger partial charge on any atom is 0.325 e. The Balaban J connectivity index is 1.70. The van der Waals surface area contributed by atoms with Gasteiger partial charge in [0, 0.05) is 11.3 Å². The number of thioether (sulfide) groups is 1. The van der Waals surface area contributed by atoms with Crippen LogP contribution >= 0.6 is 11.8 Å². The maximum atomic E-state index is 12.3. The number of carbonyl (C=O) groups excluding carboxylic acids is 2. The molecule has 0 saturated carbocycles. The van der Waals surface area contributed by atoms with Gasteiger partial charge in [-0.15, -0.1) is 0 Å². The van der Waals surface area contributed by atoms with Gasteiger partial charge in [0.05, 0.1) is 18.1 Å². The Bertz CT molecular complexity index is 874. The van der Waals surface area contributed by atoms with Crippen molar-refractivity contribution in [2.45, 2.75) is 10.9 Å². The second-order valence-corrected chi connectivity index (χ2v) is 6.23. The molecule has 6 nitrogen and oxygen atoms in total. The van der Waals surface area contributed by atoms with E-state index in [9.17, 15) is 9.59 Å². The Morgan fingerprint density at radius 1 is 1.16 bits per heavy atom. The molecule has 1 aromatic heterocycles. The molecule has 2 aromatic carbocycles. The highest BCUT2D eigenvalue weighted by molar-refractivity contribution is 7.98. The van der Waals surface area contributed by atoms with E-state index in [-0.39, 0.29) is 12.5 Å². The van der Waals surface area contributed by atoms with E-state index in [0.29, 0.717) is 11.3 Å². The first-order valence-electron chi connectivity index (χ1n) is 7.68. The van der Waals surface area contributed by atoms with Gasteiger partial charge in [0.25, 0.3) is 5.91 Å². The molecule has 0 saturated heterocycles. The van der Waals surface area contributed by atoms with E-state index in [1.165, 1.54) is 18.9 Å². The molecule has 0 unspecified atom stereocenters. The summed E-state index contributed by atoms with van der Waals surface area (Å²) in [4.78, 5) is 31.2. The molecule has 0 aliphatic heterocycles. The summed E-state index contributed by atoms with van der Waals surface area (Å²) in [6.45, 7) is -0.152. The summed E-state index contributed by atoms with van der Waals surface area (Å²) < 4.78 is 4.53. The van der Waals surface area contributed by atoms with Gasteiger partial charge in [0.1, 0.15) is 6.54 Å². The fourth-order valence-electron chi connectivity index (χ4n) is 2.33. The molecule has 0 aliphatic carbocycles. The standard InChI is InChI=1S/C18H17N3O3S/c1-24-16(22)10-19-17(23)13-7-3-2-6-12(13)11-25-18-20-14-8-4-5-9-15(14)21-18/h2-9H,10-11H2,1H3,(H,19,23)(H,20,21). The van der Waals surface area contributed by atoms with Crippen molar-refractivity contribution in [2.75, 3.05) is 13.7 Å². The Morgan fingerprint density at radius 3 is 2.72 bits per heavy atom. The zero-order chi connectivity index (χ0) is 17.6. The summed E-state index contributed by atoms with van der Waals surface area (Å²) in [5.41, 5.74) is 3.30. The van der Waals surface area contributed by atoms with Crippen molar-refractivity contribution in [3.8, 4) is 0 Å². The third kappa shape index (κ3) is 4.19. The van der Waals surface area contributed by atoms with Crippen LogP contribution in [-0.4, -0.2) is 35.5 Å². The summed E-state index contributed by atoms with van der Waals surface area (Å²) in [5.74, 6) is -0.199. The number of aromatic nitrogens is 2. The van der Waals surface area contributed by atoms with Crippen LogP contribution in [0.5, 0.6) is 0 Å². The first-order valence-corrected chi connectivity index (χ1v) is 8.66. The number of fused-ring (bicyclic) bond motifs is 1. The SMILES string of the molecule is COC(=O)CNC(=O)c1ccccc1CSc1nc2ccccc2[nH]1. The van der Waals surface area contributed by atoms with Crippen molar-refractivity contribution >= 4 is 34.7 Å². The van der Waals surface area contributed by atoms with Crippen molar-refractivity contribution in [1.82, 2.24) is 15.3 Å². The molecule has 3 rings (SSSR count). The van der Waals surface area contributed by atoms with E-state index >= 15 is 0 Å². The normalized spacial score (nSPS) is 10.6. The lowest BCUT2D eigenvalue weighted by atomic mass is 10.1. The van der Waals surface area contributed by atoms with E-state index < -0.39 is 5.97 Å². The van der Waals surface area contributed by atoms with E-state index in [0.717, 1.165) is 21.8 Å².